The lowest BCUT2D eigenvalue weighted by molar-refractivity contribution is -0.161. The van der Waals surface area contributed by atoms with E-state index in [1.165, 1.54) is 12.8 Å². The molecule has 2 aliphatic rings. The summed E-state index contributed by atoms with van der Waals surface area (Å²) >= 11 is 0. The molecular formula is C17H30N2O2. The summed E-state index contributed by atoms with van der Waals surface area (Å²) in [6.07, 6.45) is 5.72. The largest absolute Gasteiger partial charge is 0.340 e. The van der Waals surface area contributed by atoms with Gasteiger partial charge in [-0.3, -0.25) is 9.59 Å². The second-order valence-electron chi connectivity index (χ2n) is 7.54. The highest BCUT2D eigenvalue weighted by Crippen LogP contribution is 2.36. The van der Waals surface area contributed by atoms with Gasteiger partial charge in [-0.05, 0) is 38.5 Å². The third-order valence-electron chi connectivity index (χ3n) is 5.16. The van der Waals surface area contributed by atoms with E-state index in [9.17, 15) is 9.59 Å². The molecule has 0 aromatic carbocycles. The second-order valence-corrected chi connectivity index (χ2v) is 7.54. The number of carbonyl (C=O) groups excluding carboxylic acids is 2. The number of rotatable bonds is 3. The molecular weight excluding hydrogens is 264 g/mol. The first-order valence-corrected chi connectivity index (χ1v) is 8.44. The van der Waals surface area contributed by atoms with Gasteiger partial charge in [0.2, 0.25) is 11.8 Å². The summed E-state index contributed by atoms with van der Waals surface area (Å²) in [7, 11) is 0. The SMILES string of the molecule is CCC1CCCCC1N1C(=O)C(C)(C)NC(=O)C1C(C)C. The average molecular weight is 294 g/mol. The number of nitrogens with zero attached hydrogens (tertiary/aromatic N) is 1. The molecule has 0 bridgehead atoms. The number of hydrogen-bond donors (Lipinski definition) is 1. The lowest BCUT2D eigenvalue weighted by Crippen LogP contribution is -2.72. The lowest BCUT2D eigenvalue weighted by Gasteiger charge is -2.50. The minimum absolute atomic E-state index is 0.00928. The highest BCUT2D eigenvalue weighted by molar-refractivity contribution is 5.99. The van der Waals surface area contributed by atoms with Crippen LogP contribution in [-0.4, -0.2) is 34.3 Å². The maximum absolute atomic E-state index is 13.0. The van der Waals surface area contributed by atoms with E-state index in [1.54, 1.807) is 0 Å². The van der Waals surface area contributed by atoms with E-state index in [0.29, 0.717) is 5.92 Å². The van der Waals surface area contributed by atoms with Crippen molar-refractivity contribution in [2.45, 2.75) is 84.3 Å². The first-order chi connectivity index (χ1) is 9.79. The zero-order valence-electron chi connectivity index (χ0n) is 14.1. The lowest BCUT2D eigenvalue weighted by atomic mass is 9.78. The standard InChI is InChI=1S/C17H30N2O2/c1-6-12-9-7-8-10-13(12)19-14(11(2)3)15(20)18-17(4,5)16(19)21/h11-14H,6-10H2,1-5H3,(H,18,20). The molecule has 120 valence electrons. The number of carbonyl (C=O) groups is 2. The van der Waals surface area contributed by atoms with Gasteiger partial charge in [-0.1, -0.05) is 40.0 Å². The van der Waals surface area contributed by atoms with Crippen molar-refractivity contribution in [1.82, 2.24) is 10.2 Å². The van der Waals surface area contributed by atoms with Crippen LogP contribution >= 0.6 is 0 Å². The molecule has 1 saturated heterocycles. The van der Waals surface area contributed by atoms with Crippen molar-refractivity contribution in [2.75, 3.05) is 0 Å². The van der Waals surface area contributed by atoms with Crippen molar-refractivity contribution in [3.63, 3.8) is 0 Å². The second kappa shape index (κ2) is 5.98. The van der Waals surface area contributed by atoms with E-state index in [2.05, 4.69) is 12.2 Å². The summed E-state index contributed by atoms with van der Waals surface area (Å²) < 4.78 is 0. The topological polar surface area (TPSA) is 49.4 Å². The van der Waals surface area contributed by atoms with Crippen molar-refractivity contribution in [2.24, 2.45) is 11.8 Å². The Balaban J connectivity index is 2.37. The first-order valence-electron chi connectivity index (χ1n) is 8.44. The molecule has 0 aromatic rings. The minimum Gasteiger partial charge on any atom is -0.340 e. The predicted molar refractivity (Wildman–Crippen MR) is 83.7 cm³/mol. The Bertz CT molecular complexity index is 417. The summed E-state index contributed by atoms with van der Waals surface area (Å²) in [5.41, 5.74) is -0.780. The molecule has 0 aromatic heterocycles. The zero-order valence-corrected chi connectivity index (χ0v) is 14.1. The van der Waals surface area contributed by atoms with Gasteiger partial charge in [-0.15, -0.1) is 0 Å². The van der Waals surface area contributed by atoms with Crippen molar-refractivity contribution in [3.8, 4) is 0 Å². The predicted octanol–water partition coefficient (Wildman–Crippen LogP) is 2.72. The van der Waals surface area contributed by atoms with Crippen LogP contribution in [0, 0.1) is 11.8 Å². The molecule has 1 N–H and O–H groups in total. The van der Waals surface area contributed by atoms with Crippen molar-refractivity contribution in [3.05, 3.63) is 0 Å². The van der Waals surface area contributed by atoms with Crippen molar-refractivity contribution >= 4 is 11.8 Å². The Labute approximate surface area is 128 Å². The molecule has 3 atom stereocenters. The molecule has 4 heteroatoms. The van der Waals surface area contributed by atoms with Crippen LogP contribution in [-0.2, 0) is 9.59 Å². The van der Waals surface area contributed by atoms with E-state index < -0.39 is 5.54 Å². The van der Waals surface area contributed by atoms with Crippen LogP contribution in [0.3, 0.4) is 0 Å². The normalized spacial score (nSPS) is 33.2. The van der Waals surface area contributed by atoms with E-state index in [1.807, 2.05) is 32.6 Å². The fraction of sp³-hybridized carbons (Fsp3) is 0.882. The van der Waals surface area contributed by atoms with E-state index >= 15 is 0 Å². The summed E-state index contributed by atoms with van der Waals surface area (Å²) in [5.74, 6) is 0.774. The number of amides is 2. The van der Waals surface area contributed by atoms with Gasteiger partial charge in [0.1, 0.15) is 11.6 Å². The smallest absolute Gasteiger partial charge is 0.248 e. The molecule has 2 rings (SSSR count). The van der Waals surface area contributed by atoms with Crippen molar-refractivity contribution in [1.29, 1.82) is 0 Å². The summed E-state index contributed by atoms with van der Waals surface area (Å²) in [4.78, 5) is 27.5. The third-order valence-corrected chi connectivity index (χ3v) is 5.16. The summed E-state index contributed by atoms with van der Waals surface area (Å²) in [6, 6.07) is -0.0864. The Morgan fingerprint density at radius 1 is 1.24 bits per heavy atom. The molecule has 4 nitrogen and oxygen atoms in total. The molecule has 1 aliphatic heterocycles. The molecule has 1 heterocycles. The summed E-state index contributed by atoms with van der Waals surface area (Å²) in [5, 5.41) is 2.91. The van der Waals surface area contributed by atoms with Crippen LogP contribution in [0.15, 0.2) is 0 Å². The average Bonchev–Trinajstić information content (AvgIpc) is 2.41. The Kier molecular flexibility index (Phi) is 4.64. The maximum atomic E-state index is 13.0. The first kappa shape index (κ1) is 16.3. The zero-order chi connectivity index (χ0) is 15.8. The van der Waals surface area contributed by atoms with Gasteiger partial charge in [0.15, 0.2) is 0 Å². The van der Waals surface area contributed by atoms with Gasteiger partial charge in [0, 0.05) is 6.04 Å². The quantitative estimate of drug-likeness (QED) is 0.870. The summed E-state index contributed by atoms with van der Waals surface area (Å²) in [6.45, 7) is 9.91. The molecule has 2 fully saturated rings. The van der Waals surface area contributed by atoms with Gasteiger partial charge < -0.3 is 10.2 Å². The maximum Gasteiger partial charge on any atom is 0.248 e. The Hall–Kier alpha value is -1.06. The Morgan fingerprint density at radius 3 is 2.43 bits per heavy atom. The monoisotopic (exact) mass is 294 g/mol. The van der Waals surface area contributed by atoms with Crippen LogP contribution in [0.2, 0.25) is 0 Å². The van der Waals surface area contributed by atoms with Gasteiger partial charge in [0.05, 0.1) is 0 Å². The molecule has 0 radical (unpaired) electrons. The molecule has 0 spiro atoms. The molecule has 3 unspecified atom stereocenters. The fourth-order valence-electron chi connectivity index (χ4n) is 4.02. The minimum atomic E-state index is -0.780. The van der Waals surface area contributed by atoms with Crippen molar-refractivity contribution < 1.29 is 9.59 Å². The molecule has 2 amide bonds. The van der Waals surface area contributed by atoms with E-state index in [0.717, 1.165) is 19.3 Å². The molecule has 21 heavy (non-hydrogen) atoms. The van der Waals surface area contributed by atoms with Crippen LogP contribution in [0.4, 0.5) is 0 Å². The van der Waals surface area contributed by atoms with Crippen LogP contribution in [0.1, 0.15) is 66.7 Å². The van der Waals surface area contributed by atoms with E-state index in [-0.39, 0.29) is 29.8 Å². The number of nitrogens with one attached hydrogen (secondary N) is 1. The van der Waals surface area contributed by atoms with Gasteiger partial charge >= 0.3 is 0 Å². The number of hydrogen-bond acceptors (Lipinski definition) is 2. The number of piperazine rings is 1. The molecule has 1 aliphatic carbocycles. The fourth-order valence-corrected chi connectivity index (χ4v) is 4.02. The van der Waals surface area contributed by atoms with Gasteiger partial charge in [-0.2, -0.15) is 0 Å². The van der Waals surface area contributed by atoms with Crippen LogP contribution in [0.5, 0.6) is 0 Å². The van der Waals surface area contributed by atoms with Gasteiger partial charge in [-0.25, -0.2) is 0 Å². The Morgan fingerprint density at radius 2 is 1.86 bits per heavy atom. The highest BCUT2D eigenvalue weighted by Gasteiger charge is 2.50. The van der Waals surface area contributed by atoms with E-state index in [4.69, 9.17) is 0 Å². The molecule has 1 saturated carbocycles. The van der Waals surface area contributed by atoms with Crippen LogP contribution in [0.25, 0.3) is 0 Å². The van der Waals surface area contributed by atoms with Crippen LogP contribution < -0.4 is 5.32 Å². The highest BCUT2D eigenvalue weighted by atomic mass is 16.2. The third kappa shape index (κ3) is 2.95. The van der Waals surface area contributed by atoms with Gasteiger partial charge in [0.25, 0.3) is 0 Å².